The fourth-order valence-corrected chi connectivity index (χ4v) is 9.00. The number of aromatic nitrogens is 2. The molecule has 0 saturated carbocycles. The Bertz CT molecular complexity index is 2110. The van der Waals surface area contributed by atoms with E-state index in [0.29, 0.717) is 11.1 Å². The number of alkyl halides is 1. The average molecular weight is 820 g/mol. The summed E-state index contributed by atoms with van der Waals surface area (Å²) in [4.78, 5) is 37.0. The number of ketones is 2. The Labute approximate surface area is 342 Å². The number of aryl methyl sites for hydroxylation is 2. The largest absolute Gasteiger partial charge is 0.497 e. The number of nitrogens with one attached hydrogen (secondary N) is 1. The van der Waals surface area contributed by atoms with Crippen LogP contribution in [0.1, 0.15) is 41.9 Å². The van der Waals surface area contributed by atoms with E-state index in [-0.39, 0.29) is 19.0 Å². The van der Waals surface area contributed by atoms with Crippen LogP contribution in [0.15, 0.2) is 72.8 Å². The van der Waals surface area contributed by atoms with Crippen molar-refractivity contribution in [2.24, 2.45) is 0 Å². The van der Waals surface area contributed by atoms with E-state index in [1.807, 2.05) is 43.3 Å². The molecule has 6 aromatic rings. The average Bonchev–Trinajstić information content (AvgIpc) is 3.98. The molecule has 56 heavy (non-hydrogen) atoms. The van der Waals surface area contributed by atoms with Gasteiger partial charge in [-0.15, -0.1) is 34.3 Å². The Morgan fingerprint density at radius 3 is 1.70 bits per heavy atom. The quantitative estimate of drug-likeness (QED) is 0.0792. The van der Waals surface area contributed by atoms with Gasteiger partial charge >= 0.3 is 0 Å². The van der Waals surface area contributed by atoms with Crippen molar-refractivity contribution in [3.8, 4) is 11.5 Å². The Hall–Kier alpha value is -4.01. The number of carbonyl (C=O) groups is 2. The third-order valence-electron chi connectivity index (χ3n) is 9.62. The minimum atomic E-state index is 0. The molecule has 2 fully saturated rings. The number of carbonyl (C=O) groups excluding carboxylic acids is 2. The van der Waals surface area contributed by atoms with Crippen molar-refractivity contribution >= 4 is 66.3 Å². The van der Waals surface area contributed by atoms with Crippen LogP contribution in [0.3, 0.4) is 0 Å². The summed E-state index contributed by atoms with van der Waals surface area (Å²) in [5.74, 6) is 2.37. The Balaban J connectivity index is 0.000000179. The van der Waals surface area contributed by atoms with Crippen molar-refractivity contribution in [3.05, 3.63) is 112 Å². The number of hydrogen-bond donors (Lipinski definition) is 1. The van der Waals surface area contributed by atoms with Crippen LogP contribution in [0.5, 0.6) is 11.5 Å². The fourth-order valence-electron chi connectivity index (χ4n) is 6.51. The summed E-state index contributed by atoms with van der Waals surface area (Å²) < 4.78 is 23.2. The molecule has 4 aromatic heterocycles. The number of rotatable bonds is 11. The Morgan fingerprint density at radius 1 is 0.696 bits per heavy atom. The molecule has 6 heterocycles. The maximum absolute atomic E-state index is 12.9. The highest BCUT2D eigenvalue weighted by Gasteiger charge is 2.18. The van der Waals surface area contributed by atoms with Crippen molar-refractivity contribution in [2.45, 2.75) is 20.4 Å². The number of methoxy groups -OCH3 is 2. The second-order valence-electron chi connectivity index (χ2n) is 13.4. The van der Waals surface area contributed by atoms with Crippen LogP contribution in [0.2, 0.25) is 0 Å². The topological polar surface area (TPSA) is 98.3 Å². The highest BCUT2D eigenvalue weighted by molar-refractivity contribution is 7.21. The van der Waals surface area contributed by atoms with Gasteiger partial charge in [0.25, 0.3) is 0 Å². The molecule has 8 rings (SSSR count). The van der Waals surface area contributed by atoms with E-state index < -0.39 is 0 Å². The molecule has 2 aromatic carbocycles. The van der Waals surface area contributed by atoms with Crippen LogP contribution in [0.4, 0.5) is 0 Å². The van der Waals surface area contributed by atoms with E-state index in [1.165, 1.54) is 21.9 Å². The van der Waals surface area contributed by atoms with Gasteiger partial charge in [-0.2, -0.15) is 0 Å². The molecule has 0 bridgehead atoms. The molecule has 300 valence electrons. The van der Waals surface area contributed by atoms with E-state index in [4.69, 9.17) is 30.5 Å². The number of morpholine rings is 2. The smallest absolute Gasteiger partial charge is 0.203 e. The summed E-state index contributed by atoms with van der Waals surface area (Å²) in [5.41, 5.74) is 3.73. The number of fused-ring (bicyclic) bond motifs is 2. The molecule has 0 aliphatic carbocycles. The third-order valence-corrected chi connectivity index (χ3v) is 12.0. The number of thiophene rings is 2. The van der Waals surface area contributed by atoms with E-state index in [0.717, 1.165) is 121 Å². The highest BCUT2D eigenvalue weighted by Crippen LogP contribution is 2.31. The minimum absolute atomic E-state index is 0. The lowest BCUT2D eigenvalue weighted by atomic mass is 10.1. The molecule has 0 unspecified atom stereocenters. The molecular formula is C43H52ClN4O6S2-. The van der Waals surface area contributed by atoms with Crippen molar-refractivity contribution < 1.29 is 28.5 Å². The Kier molecular flexibility index (Phi) is 16.1. The first-order valence-electron chi connectivity index (χ1n) is 18.5. The molecule has 13 heteroatoms. The van der Waals surface area contributed by atoms with Crippen LogP contribution in [0.25, 0.3) is 20.4 Å². The fraction of sp³-hybridized carbons (Fsp3) is 0.372. The van der Waals surface area contributed by atoms with Crippen LogP contribution in [-0.2, 0) is 16.0 Å². The van der Waals surface area contributed by atoms with E-state index in [9.17, 15) is 9.59 Å². The summed E-state index contributed by atoms with van der Waals surface area (Å²) in [6, 6.07) is 22.7. The second kappa shape index (κ2) is 20.9. The molecule has 1 N–H and O–H groups in total. The summed E-state index contributed by atoms with van der Waals surface area (Å²) in [7, 11) is 3.24. The van der Waals surface area contributed by atoms with Gasteiger partial charge in [-0.3, -0.25) is 19.4 Å². The zero-order chi connectivity index (χ0) is 38.7. The zero-order valence-electron chi connectivity index (χ0n) is 32.9. The van der Waals surface area contributed by atoms with Crippen molar-refractivity contribution in [2.75, 3.05) is 85.8 Å². The highest BCUT2D eigenvalue weighted by atomic mass is 35.5. The van der Waals surface area contributed by atoms with Gasteiger partial charge in [0, 0.05) is 85.0 Å². The van der Waals surface area contributed by atoms with Gasteiger partial charge in [0.15, 0.2) is 0 Å². The summed E-state index contributed by atoms with van der Waals surface area (Å²) >= 11 is 8.63. The lowest BCUT2D eigenvalue weighted by Gasteiger charge is -2.26. The van der Waals surface area contributed by atoms with Gasteiger partial charge in [-0.25, -0.2) is 0 Å². The SMILES string of the molecule is COc1ccc(C(=O)c2cc3cc(C)[nH]c3s2)cc1.COc1ccc(C(=O)c2cc3cc(C)n(CCN4CCOCC4)c3s2)cc1.ClCCN1CCOCC1.[CH3-]. The lowest BCUT2D eigenvalue weighted by molar-refractivity contribution is 0.0365. The molecule has 0 atom stereocenters. The van der Waals surface area contributed by atoms with Gasteiger partial charge in [-0.1, -0.05) is 0 Å². The standard InChI is InChI=1S/C21H24N2O3S.C15H13NO2S.C6H12ClNO.CH3/c1-15-13-17-14-19(20(24)16-3-5-18(25-2)6-4-16)27-21(17)23(15)8-7-22-9-11-26-12-10-22;1-9-7-11-8-13(19-15(11)16-9)14(17)10-3-5-12(18-2)6-4-10;7-1-2-8-3-5-9-6-4-8;/h3-6,13-14H,7-12H2,1-2H3;3-8,16H,1-2H3;1-6H2;1H3/q;;;-1. The predicted molar refractivity (Wildman–Crippen MR) is 230 cm³/mol. The molecule has 10 nitrogen and oxygen atoms in total. The predicted octanol–water partition coefficient (Wildman–Crippen LogP) is 8.37. The van der Waals surface area contributed by atoms with Gasteiger partial charge in [0.05, 0.1) is 50.4 Å². The number of benzene rings is 2. The van der Waals surface area contributed by atoms with E-state index in [2.05, 4.69) is 38.4 Å². The molecule has 0 spiro atoms. The van der Waals surface area contributed by atoms with Crippen molar-refractivity contribution in [3.63, 3.8) is 0 Å². The van der Waals surface area contributed by atoms with Crippen LogP contribution in [0, 0.1) is 21.3 Å². The first kappa shape index (κ1) is 43.1. The van der Waals surface area contributed by atoms with Crippen molar-refractivity contribution in [1.29, 1.82) is 0 Å². The number of nitrogens with zero attached hydrogens (tertiary/aromatic N) is 3. The minimum Gasteiger partial charge on any atom is -0.497 e. The van der Waals surface area contributed by atoms with E-state index >= 15 is 0 Å². The van der Waals surface area contributed by atoms with E-state index in [1.54, 1.807) is 49.8 Å². The maximum Gasteiger partial charge on any atom is 0.203 e. The van der Waals surface area contributed by atoms with Crippen LogP contribution >= 0.6 is 34.3 Å². The van der Waals surface area contributed by atoms with Gasteiger partial charge in [-0.05, 0) is 86.6 Å². The third kappa shape index (κ3) is 11.1. The molecule has 2 aliphatic heterocycles. The number of aromatic amines is 1. The first-order valence-corrected chi connectivity index (χ1v) is 20.7. The molecular weight excluding hydrogens is 768 g/mol. The Morgan fingerprint density at radius 2 is 1.20 bits per heavy atom. The summed E-state index contributed by atoms with van der Waals surface area (Å²) in [6.07, 6.45) is 0. The van der Waals surface area contributed by atoms with Gasteiger partial charge in [0.2, 0.25) is 11.6 Å². The number of ether oxygens (including phenoxy) is 4. The number of halogens is 1. The van der Waals surface area contributed by atoms with Crippen LogP contribution in [-0.4, -0.2) is 117 Å². The maximum atomic E-state index is 12.9. The second-order valence-corrected chi connectivity index (χ2v) is 15.8. The number of H-pyrrole nitrogens is 1. The van der Waals surface area contributed by atoms with Crippen LogP contribution < -0.4 is 9.47 Å². The number of hydrogen-bond acceptors (Lipinski definition) is 10. The molecule has 2 aliphatic rings. The summed E-state index contributed by atoms with van der Waals surface area (Å²) in [6.45, 7) is 14.6. The first-order chi connectivity index (χ1) is 26.8. The summed E-state index contributed by atoms with van der Waals surface area (Å²) in [5, 5.41) is 2.25. The molecule has 2 saturated heterocycles. The van der Waals surface area contributed by atoms with Crippen molar-refractivity contribution in [1.82, 2.24) is 19.4 Å². The zero-order valence-corrected chi connectivity index (χ0v) is 35.3. The molecule has 0 amide bonds. The monoisotopic (exact) mass is 819 g/mol. The van der Waals surface area contributed by atoms with Gasteiger partial charge < -0.3 is 35.9 Å². The normalized spacial score (nSPS) is 14.7. The lowest BCUT2D eigenvalue weighted by Crippen LogP contribution is -2.38. The molecule has 0 radical (unpaired) electrons. The van der Waals surface area contributed by atoms with Gasteiger partial charge in [0.1, 0.15) is 21.2 Å².